The molecule has 0 radical (unpaired) electrons. The molecular formula is C14H11BrFNO2. The van der Waals surface area contributed by atoms with E-state index in [4.69, 9.17) is 5.11 Å². The van der Waals surface area contributed by atoms with Gasteiger partial charge in [0.05, 0.1) is 6.04 Å². The number of benzene rings is 2. The molecule has 0 aliphatic carbocycles. The van der Waals surface area contributed by atoms with Gasteiger partial charge in [-0.1, -0.05) is 40.2 Å². The maximum atomic E-state index is 12.9. The van der Waals surface area contributed by atoms with Gasteiger partial charge in [0.1, 0.15) is 5.82 Å². The molecular weight excluding hydrogens is 313 g/mol. The highest BCUT2D eigenvalue weighted by atomic mass is 79.9. The summed E-state index contributed by atoms with van der Waals surface area (Å²) in [6.45, 7) is 0. The van der Waals surface area contributed by atoms with E-state index in [2.05, 4.69) is 21.2 Å². The Bertz CT molecular complexity index is 524. The van der Waals surface area contributed by atoms with Crippen molar-refractivity contribution in [2.45, 2.75) is 6.04 Å². The molecule has 2 aromatic rings. The Morgan fingerprint density at radius 2 is 1.53 bits per heavy atom. The number of hydrogen-bond acceptors (Lipinski definition) is 1. The third-order valence-electron chi connectivity index (χ3n) is 2.67. The molecule has 2 N–H and O–H groups in total. The number of rotatable bonds is 3. The van der Waals surface area contributed by atoms with Crippen LogP contribution >= 0.6 is 15.9 Å². The fraction of sp³-hybridized carbons (Fsp3) is 0.0714. The van der Waals surface area contributed by atoms with E-state index in [1.807, 2.05) is 24.3 Å². The zero-order valence-corrected chi connectivity index (χ0v) is 11.4. The normalized spacial score (nSPS) is 11.9. The number of amides is 1. The molecule has 0 bridgehead atoms. The number of carboxylic acid groups (broad SMARTS) is 1. The van der Waals surface area contributed by atoms with E-state index < -0.39 is 12.1 Å². The van der Waals surface area contributed by atoms with Crippen LogP contribution in [-0.2, 0) is 0 Å². The zero-order valence-electron chi connectivity index (χ0n) is 9.81. The van der Waals surface area contributed by atoms with Gasteiger partial charge in [-0.05, 0) is 35.4 Å². The minimum atomic E-state index is -1.13. The van der Waals surface area contributed by atoms with Crippen molar-refractivity contribution in [3.8, 4) is 0 Å². The average molecular weight is 324 g/mol. The molecule has 19 heavy (non-hydrogen) atoms. The second kappa shape index (κ2) is 5.84. The molecule has 0 fully saturated rings. The van der Waals surface area contributed by atoms with Crippen LogP contribution in [0.2, 0.25) is 0 Å². The van der Waals surface area contributed by atoms with E-state index in [1.165, 1.54) is 12.1 Å². The van der Waals surface area contributed by atoms with Gasteiger partial charge in [-0.15, -0.1) is 0 Å². The largest absolute Gasteiger partial charge is 0.465 e. The van der Waals surface area contributed by atoms with Crippen LogP contribution in [0.5, 0.6) is 0 Å². The highest BCUT2D eigenvalue weighted by molar-refractivity contribution is 9.10. The van der Waals surface area contributed by atoms with Crippen molar-refractivity contribution in [1.29, 1.82) is 0 Å². The first-order valence-corrected chi connectivity index (χ1v) is 6.36. The Labute approximate surface area is 118 Å². The summed E-state index contributed by atoms with van der Waals surface area (Å²) in [6.07, 6.45) is -1.13. The van der Waals surface area contributed by atoms with Gasteiger partial charge in [-0.3, -0.25) is 0 Å². The molecule has 1 amide bonds. The predicted molar refractivity (Wildman–Crippen MR) is 73.5 cm³/mol. The first kappa shape index (κ1) is 13.5. The van der Waals surface area contributed by atoms with Gasteiger partial charge in [0, 0.05) is 4.47 Å². The summed E-state index contributed by atoms with van der Waals surface area (Å²) in [7, 11) is 0. The molecule has 2 rings (SSSR count). The lowest BCUT2D eigenvalue weighted by molar-refractivity contribution is 0.191. The Morgan fingerprint density at radius 3 is 2.00 bits per heavy atom. The number of hydrogen-bond donors (Lipinski definition) is 2. The van der Waals surface area contributed by atoms with Crippen molar-refractivity contribution in [2.75, 3.05) is 0 Å². The Morgan fingerprint density at radius 1 is 1.05 bits per heavy atom. The van der Waals surface area contributed by atoms with Gasteiger partial charge in [0.15, 0.2) is 0 Å². The maximum Gasteiger partial charge on any atom is 0.405 e. The van der Waals surface area contributed by atoms with E-state index >= 15 is 0 Å². The molecule has 1 atom stereocenters. The van der Waals surface area contributed by atoms with Gasteiger partial charge in [-0.2, -0.15) is 0 Å². The van der Waals surface area contributed by atoms with E-state index in [0.29, 0.717) is 5.56 Å². The van der Waals surface area contributed by atoms with E-state index in [1.54, 1.807) is 12.1 Å². The molecule has 0 saturated carbocycles. The standard InChI is InChI=1S/C14H11BrFNO2/c15-11-5-1-9(2-6-11)13(17-14(18)19)10-3-7-12(16)8-4-10/h1-8,13,17H,(H,18,19). The second-order valence-corrected chi connectivity index (χ2v) is 4.90. The van der Waals surface area contributed by atoms with Crippen molar-refractivity contribution < 1.29 is 14.3 Å². The first-order valence-electron chi connectivity index (χ1n) is 5.56. The average Bonchev–Trinajstić information content (AvgIpc) is 2.38. The smallest absolute Gasteiger partial charge is 0.405 e. The Balaban J connectivity index is 2.37. The topological polar surface area (TPSA) is 49.3 Å². The Kier molecular flexibility index (Phi) is 4.16. The molecule has 0 heterocycles. The molecule has 0 spiro atoms. The van der Waals surface area contributed by atoms with Crippen LogP contribution in [0.1, 0.15) is 17.2 Å². The van der Waals surface area contributed by atoms with Crippen LogP contribution < -0.4 is 5.32 Å². The van der Waals surface area contributed by atoms with Gasteiger partial charge < -0.3 is 10.4 Å². The molecule has 1 unspecified atom stereocenters. The summed E-state index contributed by atoms with van der Waals surface area (Å²) in [5.74, 6) is -0.353. The van der Waals surface area contributed by atoms with E-state index in [9.17, 15) is 9.18 Å². The Hall–Kier alpha value is -1.88. The van der Waals surface area contributed by atoms with E-state index in [0.717, 1.165) is 10.0 Å². The summed E-state index contributed by atoms with van der Waals surface area (Å²) < 4.78 is 13.8. The van der Waals surface area contributed by atoms with E-state index in [-0.39, 0.29) is 5.82 Å². The van der Waals surface area contributed by atoms with Crippen molar-refractivity contribution in [2.24, 2.45) is 0 Å². The molecule has 3 nitrogen and oxygen atoms in total. The van der Waals surface area contributed by atoms with Crippen LogP contribution in [-0.4, -0.2) is 11.2 Å². The van der Waals surface area contributed by atoms with Gasteiger partial charge in [-0.25, -0.2) is 9.18 Å². The molecule has 0 aromatic heterocycles. The molecule has 2 aromatic carbocycles. The third-order valence-corrected chi connectivity index (χ3v) is 3.20. The summed E-state index contributed by atoms with van der Waals surface area (Å²) in [4.78, 5) is 10.9. The summed E-state index contributed by atoms with van der Waals surface area (Å²) in [5.41, 5.74) is 1.48. The fourth-order valence-corrected chi connectivity index (χ4v) is 2.06. The summed E-state index contributed by atoms with van der Waals surface area (Å²) in [6, 6.07) is 12.5. The maximum absolute atomic E-state index is 12.9. The fourth-order valence-electron chi connectivity index (χ4n) is 1.79. The highest BCUT2D eigenvalue weighted by Crippen LogP contribution is 2.24. The predicted octanol–water partition coefficient (Wildman–Crippen LogP) is 3.95. The number of halogens is 2. The highest BCUT2D eigenvalue weighted by Gasteiger charge is 2.16. The van der Waals surface area contributed by atoms with Gasteiger partial charge in [0.25, 0.3) is 0 Å². The van der Waals surface area contributed by atoms with Crippen LogP contribution in [0.15, 0.2) is 53.0 Å². The lowest BCUT2D eigenvalue weighted by atomic mass is 9.99. The van der Waals surface area contributed by atoms with Crippen LogP contribution in [0.3, 0.4) is 0 Å². The zero-order chi connectivity index (χ0) is 13.8. The minimum absolute atomic E-state index is 0.353. The van der Waals surface area contributed by atoms with Crippen LogP contribution in [0, 0.1) is 5.82 Å². The number of nitrogens with one attached hydrogen (secondary N) is 1. The second-order valence-electron chi connectivity index (χ2n) is 3.99. The lowest BCUT2D eigenvalue weighted by Crippen LogP contribution is -2.27. The third kappa shape index (κ3) is 3.54. The minimum Gasteiger partial charge on any atom is -0.465 e. The molecule has 5 heteroatoms. The molecule has 0 aliphatic rings. The molecule has 98 valence electrons. The van der Waals surface area contributed by atoms with Gasteiger partial charge in [0.2, 0.25) is 0 Å². The van der Waals surface area contributed by atoms with Gasteiger partial charge >= 0.3 is 6.09 Å². The van der Waals surface area contributed by atoms with Crippen molar-refractivity contribution in [3.63, 3.8) is 0 Å². The first-order chi connectivity index (χ1) is 9.06. The quantitative estimate of drug-likeness (QED) is 0.898. The van der Waals surface area contributed by atoms with Crippen LogP contribution in [0.4, 0.5) is 9.18 Å². The summed E-state index contributed by atoms with van der Waals surface area (Å²) in [5, 5.41) is 11.4. The van der Waals surface area contributed by atoms with Crippen molar-refractivity contribution in [1.82, 2.24) is 5.32 Å². The number of carbonyl (C=O) groups is 1. The summed E-state index contributed by atoms with van der Waals surface area (Å²) >= 11 is 3.32. The van der Waals surface area contributed by atoms with Crippen molar-refractivity contribution >= 4 is 22.0 Å². The van der Waals surface area contributed by atoms with Crippen molar-refractivity contribution in [3.05, 3.63) is 69.9 Å². The van der Waals surface area contributed by atoms with Crippen LogP contribution in [0.25, 0.3) is 0 Å². The SMILES string of the molecule is O=C(O)NC(c1ccc(F)cc1)c1ccc(Br)cc1. The monoisotopic (exact) mass is 323 g/mol. The lowest BCUT2D eigenvalue weighted by Gasteiger charge is -2.18. The molecule has 0 saturated heterocycles. The molecule has 0 aliphatic heterocycles.